The van der Waals surface area contributed by atoms with E-state index < -0.39 is 18.3 Å². The first-order chi connectivity index (χ1) is 9.13. The molecule has 100 valence electrons. The molecule has 1 aliphatic rings. The number of halogens is 1. The second-order valence-electron chi connectivity index (χ2n) is 4.36. The van der Waals surface area contributed by atoms with Gasteiger partial charge in [-0.1, -0.05) is 6.08 Å². The maximum atomic E-state index is 14.1. The van der Waals surface area contributed by atoms with Crippen molar-refractivity contribution in [3.63, 3.8) is 0 Å². The first-order valence-corrected chi connectivity index (χ1v) is 5.70. The maximum absolute atomic E-state index is 14.1. The third-order valence-corrected chi connectivity index (χ3v) is 3.28. The number of hydrogen-bond acceptors (Lipinski definition) is 6. The summed E-state index contributed by atoms with van der Waals surface area (Å²) >= 11 is 0. The van der Waals surface area contributed by atoms with Crippen LogP contribution in [0.5, 0.6) is 0 Å². The number of anilines is 1. The van der Waals surface area contributed by atoms with Crippen LogP contribution in [0.25, 0.3) is 11.2 Å². The molecule has 0 unspecified atom stereocenters. The van der Waals surface area contributed by atoms with Gasteiger partial charge < -0.3 is 20.5 Å². The van der Waals surface area contributed by atoms with Gasteiger partial charge in [-0.25, -0.2) is 19.3 Å². The van der Waals surface area contributed by atoms with Gasteiger partial charge >= 0.3 is 0 Å². The fourth-order valence-corrected chi connectivity index (χ4v) is 2.27. The van der Waals surface area contributed by atoms with Crippen LogP contribution in [0.1, 0.15) is 6.04 Å². The third-order valence-electron chi connectivity index (χ3n) is 3.28. The van der Waals surface area contributed by atoms with Crippen molar-refractivity contribution in [1.29, 1.82) is 0 Å². The SMILES string of the molecule is Nc1ncnc2c1ncn2[C@@H]1C=C(CO)[C@@H](O)[C@@H]1F. The number of fused-ring (bicyclic) bond motifs is 1. The van der Waals surface area contributed by atoms with E-state index in [0.29, 0.717) is 11.2 Å². The van der Waals surface area contributed by atoms with Crippen LogP contribution in [0.15, 0.2) is 24.3 Å². The fourth-order valence-electron chi connectivity index (χ4n) is 2.27. The summed E-state index contributed by atoms with van der Waals surface area (Å²) in [6.45, 7) is -0.387. The highest BCUT2D eigenvalue weighted by Gasteiger charge is 2.37. The number of hydrogen-bond donors (Lipinski definition) is 3. The lowest BCUT2D eigenvalue weighted by Crippen LogP contribution is -2.26. The summed E-state index contributed by atoms with van der Waals surface area (Å²) in [5, 5.41) is 18.7. The van der Waals surface area contributed by atoms with Crippen LogP contribution in [-0.4, -0.2) is 48.6 Å². The lowest BCUT2D eigenvalue weighted by atomic mass is 10.1. The zero-order valence-corrected chi connectivity index (χ0v) is 9.81. The minimum atomic E-state index is -1.56. The number of nitrogens with two attached hydrogens (primary N) is 1. The second-order valence-corrected chi connectivity index (χ2v) is 4.36. The standard InChI is InChI=1S/C11H12FN5O2/c12-7-6(1-5(2-18)9(7)19)17-4-16-8-10(13)14-3-15-11(8)17/h1,3-4,6-7,9,18-19H,2H2,(H2,13,14,15)/t6-,7-,9-/m1/s1. The van der Waals surface area contributed by atoms with Crippen molar-refractivity contribution >= 4 is 17.0 Å². The summed E-state index contributed by atoms with van der Waals surface area (Å²) in [4.78, 5) is 11.9. The molecule has 0 radical (unpaired) electrons. The fraction of sp³-hybridized carbons (Fsp3) is 0.364. The van der Waals surface area contributed by atoms with Crippen molar-refractivity contribution in [1.82, 2.24) is 19.5 Å². The zero-order chi connectivity index (χ0) is 13.6. The summed E-state index contributed by atoms with van der Waals surface area (Å²) in [6, 6.07) is -0.767. The van der Waals surface area contributed by atoms with E-state index >= 15 is 0 Å². The van der Waals surface area contributed by atoms with E-state index in [0.717, 1.165) is 0 Å². The molecule has 2 heterocycles. The average molecular weight is 265 g/mol. The van der Waals surface area contributed by atoms with Gasteiger partial charge in [0.2, 0.25) is 0 Å². The second kappa shape index (κ2) is 4.25. The Hall–Kier alpha value is -2.06. The molecule has 3 atom stereocenters. The van der Waals surface area contributed by atoms with E-state index in [1.807, 2.05) is 0 Å². The molecule has 0 aromatic carbocycles. The molecule has 0 amide bonds. The first kappa shape index (κ1) is 12.0. The van der Waals surface area contributed by atoms with Crippen molar-refractivity contribution in [3.05, 3.63) is 24.3 Å². The van der Waals surface area contributed by atoms with E-state index in [1.54, 1.807) is 0 Å². The predicted octanol–water partition coefficient (Wildman–Crippen LogP) is -0.419. The van der Waals surface area contributed by atoms with Crippen molar-refractivity contribution in [2.24, 2.45) is 0 Å². The molecule has 4 N–H and O–H groups in total. The summed E-state index contributed by atoms with van der Waals surface area (Å²) in [6.07, 6.45) is 1.28. The van der Waals surface area contributed by atoms with E-state index in [4.69, 9.17) is 10.8 Å². The molecule has 19 heavy (non-hydrogen) atoms. The van der Waals surface area contributed by atoms with Crippen molar-refractivity contribution in [2.75, 3.05) is 12.3 Å². The van der Waals surface area contributed by atoms with Crippen LogP contribution >= 0.6 is 0 Å². The van der Waals surface area contributed by atoms with Gasteiger partial charge in [0.25, 0.3) is 0 Å². The lowest BCUT2D eigenvalue weighted by Gasteiger charge is -2.16. The van der Waals surface area contributed by atoms with Gasteiger partial charge in [0, 0.05) is 0 Å². The van der Waals surface area contributed by atoms with Crippen LogP contribution < -0.4 is 5.73 Å². The van der Waals surface area contributed by atoms with Crippen LogP contribution in [0.4, 0.5) is 10.2 Å². The molecule has 8 heteroatoms. The minimum absolute atomic E-state index is 0.212. The lowest BCUT2D eigenvalue weighted by molar-refractivity contribution is 0.0916. The van der Waals surface area contributed by atoms with Gasteiger partial charge in [0.05, 0.1) is 19.0 Å². The number of nitrogens with zero attached hydrogens (tertiary/aromatic N) is 4. The number of rotatable bonds is 2. The third kappa shape index (κ3) is 1.68. The Kier molecular flexibility index (Phi) is 2.68. The molecule has 2 aromatic rings. The summed E-state index contributed by atoms with van der Waals surface area (Å²) < 4.78 is 15.6. The maximum Gasteiger partial charge on any atom is 0.166 e. The van der Waals surface area contributed by atoms with Crippen LogP contribution in [0.2, 0.25) is 0 Å². The van der Waals surface area contributed by atoms with Crippen molar-refractivity contribution in [2.45, 2.75) is 18.3 Å². The van der Waals surface area contributed by atoms with Crippen LogP contribution in [0.3, 0.4) is 0 Å². The molecule has 7 nitrogen and oxygen atoms in total. The Balaban J connectivity index is 2.11. The number of nitrogen functional groups attached to an aromatic ring is 1. The molecule has 0 spiro atoms. The van der Waals surface area contributed by atoms with Crippen LogP contribution in [0, 0.1) is 0 Å². The number of allylic oxidation sites excluding steroid dienone is 1. The van der Waals surface area contributed by atoms with Gasteiger partial charge in [-0.05, 0) is 5.57 Å². The minimum Gasteiger partial charge on any atom is -0.392 e. The van der Waals surface area contributed by atoms with E-state index in [-0.39, 0.29) is 18.0 Å². The Morgan fingerprint density at radius 1 is 1.37 bits per heavy atom. The highest BCUT2D eigenvalue weighted by Crippen LogP contribution is 2.33. The largest absolute Gasteiger partial charge is 0.392 e. The zero-order valence-electron chi connectivity index (χ0n) is 9.81. The molecule has 0 saturated carbocycles. The Labute approximate surface area is 107 Å². The van der Waals surface area contributed by atoms with Gasteiger partial charge in [-0.3, -0.25) is 0 Å². The predicted molar refractivity (Wildman–Crippen MR) is 64.8 cm³/mol. The Morgan fingerprint density at radius 2 is 2.16 bits per heavy atom. The quantitative estimate of drug-likeness (QED) is 0.636. The monoisotopic (exact) mass is 265 g/mol. The number of imidazole rings is 1. The number of alkyl halides is 1. The number of aromatic nitrogens is 4. The summed E-state index contributed by atoms with van der Waals surface area (Å²) in [5.74, 6) is 0.212. The average Bonchev–Trinajstić information content (AvgIpc) is 2.94. The molecule has 2 aromatic heterocycles. The van der Waals surface area contributed by atoms with E-state index in [9.17, 15) is 9.50 Å². The smallest absolute Gasteiger partial charge is 0.166 e. The molecule has 0 aliphatic heterocycles. The van der Waals surface area contributed by atoms with Gasteiger partial charge in [-0.15, -0.1) is 0 Å². The molecule has 0 fully saturated rings. The van der Waals surface area contributed by atoms with Gasteiger partial charge in [-0.2, -0.15) is 0 Å². The summed E-state index contributed by atoms with van der Waals surface area (Å²) in [7, 11) is 0. The number of aliphatic hydroxyl groups is 2. The molecular formula is C11H12FN5O2. The molecule has 0 saturated heterocycles. The normalized spacial score (nSPS) is 26.9. The van der Waals surface area contributed by atoms with E-state index in [2.05, 4.69) is 15.0 Å². The molecule has 1 aliphatic carbocycles. The number of aliphatic hydroxyl groups excluding tert-OH is 2. The topological polar surface area (TPSA) is 110 Å². The Morgan fingerprint density at radius 3 is 2.84 bits per heavy atom. The molecule has 3 rings (SSSR count). The van der Waals surface area contributed by atoms with Gasteiger partial charge in [0.15, 0.2) is 17.6 Å². The Bertz CT molecular complexity index is 656. The van der Waals surface area contributed by atoms with E-state index in [1.165, 1.54) is 23.3 Å². The van der Waals surface area contributed by atoms with Crippen molar-refractivity contribution < 1.29 is 14.6 Å². The highest BCUT2D eigenvalue weighted by molar-refractivity contribution is 5.81. The first-order valence-electron chi connectivity index (χ1n) is 5.70. The van der Waals surface area contributed by atoms with Crippen molar-refractivity contribution in [3.8, 4) is 0 Å². The highest BCUT2D eigenvalue weighted by atomic mass is 19.1. The summed E-state index contributed by atoms with van der Waals surface area (Å²) in [5.41, 5.74) is 6.69. The molecular weight excluding hydrogens is 253 g/mol. The molecule has 0 bridgehead atoms. The van der Waals surface area contributed by atoms with Crippen LogP contribution in [-0.2, 0) is 0 Å². The van der Waals surface area contributed by atoms with Gasteiger partial charge in [0.1, 0.15) is 17.9 Å².